The van der Waals surface area contributed by atoms with Gasteiger partial charge in [0, 0.05) is 24.0 Å². The lowest BCUT2D eigenvalue weighted by molar-refractivity contribution is -0.385. The molecule has 150 valence electrons. The number of aromatic nitrogens is 2. The number of rotatable bonds is 9. The molecule has 0 unspecified atom stereocenters. The summed E-state index contributed by atoms with van der Waals surface area (Å²) in [5.74, 6) is -0.367. The summed E-state index contributed by atoms with van der Waals surface area (Å²) in [5, 5.41) is 11.4. The Hall–Kier alpha value is -3.72. The molecule has 1 aromatic heterocycles. The lowest BCUT2D eigenvalue weighted by Crippen LogP contribution is -2.13. The summed E-state index contributed by atoms with van der Waals surface area (Å²) in [4.78, 5) is 27.8. The number of carbonyl (C=O) groups excluding carboxylic acids is 1. The highest BCUT2D eigenvalue weighted by Gasteiger charge is 2.26. The zero-order valence-corrected chi connectivity index (χ0v) is 15.9. The van der Waals surface area contributed by atoms with Crippen molar-refractivity contribution in [3.05, 3.63) is 81.9 Å². The Bertz CT molecular complexity index is 1020. The molecule has 0 aliphatic carbocycles. The molecule has 0 saturated carbocycles. The molecular weight excluding hydrogens is 378 g/mol. The molecule has 2 aromatic carbocycles. The van der Waals surface area contributed by atoms with E-state index < -0.39 is 10.7 Å². The molecule has 0 bridgehead atoms. The summed E-state index contributed by atoms with van der Waals surface area (Å²) in [6, 6.07) is 12.1. The second kappa shape index (κ2) is 8.98. The monoisotopic (exact) mass is 397 g/mol. The third-order valence-electron chi connectivity index (χ3n) is 4.18. The van der Waals surface area contributed by atoms with Gasteiger partial charge in [0.05, 0.1) is 25.7 Å². The van der Waals surface area contributed by atoms with Gasteiger partial charge in [0.25, 0.3) is 0 Å². The van der Waals surface area contributed by atoms with Gasteiger partial charge in [0.1, 0.15) is 6.73 Å². The van der Waals surface area contributed by atoms with Gasteiger partial charge in [-0.05, 0) is 11.6 Å². The third kappa shape index (κ3) is 4.41. The molecule has 9 heteroatoms. The van der Waals surface area contributed by atoms with Crippen molar-refractivity contribution in [3.63, 3.8) is 0 Å². The summed E-state index contributed by atoms with van der Waals surface area (Å²) < 4.78 is 17.4. The van der Waals surface area contributed by atoms with Gasteiger partial charge in [-0.2, -0.15) is 0 Å². The van der Waals surface area contributed by atoms with E-state index in [2.05, 4.69) is 4.98 Å². The van der Waals surface area contributed by atoms with E-state index in [0.29, 0.717) is 6.61 Å². The summed E-state index contributed by atoms with van der Waals surface area (Å²) in [6.45, 7) is 0.472. The van der Waals surface area contributed by atoms with E-state index in [1.807, 2.05) is 30.3 Å². The number of hydrogen-bond acceptors (Lipinski definition) is 7. The number of methoxy groups -OCH3 is 2. The van der Waals surface area contributed by atoms with Gasteiger partial charge < -0.3 is 18.8 Å². The zero-order valence-electron chi connectivity index (χ0n) is 15.9. The number of nitro benzene ring substituents is 1. The zero-order chi connectivity index (χ0) is 20.8. The van der Waals surface area contributed by atoms with Gasteiger partial charge in [0.15, 0.2) is 11.6 Å². The average Bonchev–Trinajstić information content (AvgIpc) is 3.21. The normalized spacial score (nSPS) is 10.6. The van der Waals surface area contributed by atoms with Crippen LogP contribution in [0.2, 0.25) is 0 Å². The maximum atomic E-state index is 12.9. The Morgan fingerprint density at radius 3 is 2.59 bits per heavy atom. The fraction of sp³-hybridized carbons (Fsp3) is 0.200. The van der Waals surface area contributed by atoms with E-state index in [0.717, 1.165) is 11.6 Å². The molecule has 0 N–H and O–H groups in total. The van der Waals surface area contributed by atoms with Crippen molar-refractivity contribution in [3.8, 4) is 11.5 Å². The number of benzene rings is 2. The van der Waals surface area contributed by atoms with Crippen molar-refractivity contribution >= 4 is 11.5 Å². The van der Waals surface area contributed by atoms with Gasteiger partial charge in [-0.1, -0.05) is 30.3 Å². The van der Waals surface area contributed by atoms with Gasteiger partial charge in [-0.15, -0.1) is 0 Å². The number of ketones is 1. The van der Waals surface area contributed by atoms with E-state index in [9.17, 15) is 14.9 Å². The number of hydrogen-bond donors (Lipinski definition) is 0. The lowest BCUT2D eigenvalue weighted by Gasteiger charge is -2.11. The van der Waals surface area contributed by atoms with Crippen LogP contribution in [0.5, 0.6) is 11.5 Å². The van der Waals surface area contributed by atoms with Crippen molar-refractivity contribution in [2.24, 2.45) is 0 Å². The third-order valence-corrected chi connectivity index (χ3v) is 4.18. The Morgan fingerprint density at radius 1 is 1.17 bits per heavy atom. The van der Waals surface area contributed by atoms with Crippen LogP contribution in [-0.2, 0) is 18.1 Å². The van der Waals surface area contributed by atoms with E-state index >= 15 is 0 Å². The molecule has 3 rings (SSSR count). The van der Waals surface area contributed by atoms with Crippen molar-refractivity contribution in [1.29, 1.82) is 0 Å². The first-order valence-electron chi connectivity index (χ1n) is 8.63. The predicted octanol–water partition coefficient (Wildman–Crippen LogP) is 3.21. The molecule has 0 saturated heterocycles. The highest BCUT2D eigenvalue weighted by molar-refractivity contribution is 6.07. The van der Waals surface area contributed by atoms with E-state index in [-0.39, 0.29) is 35.3 Å². The highest BCUT2D eigenvalue weighted by Crippen LogP contribution is 2.38. The molecule has 0 radical (unpaired) electrons. The second-order valence-corrected chi connectivity index (χ2v) is 6.00. The van der Waals surface area contributed by atoms with Gasteiger partial charge >= 0.3 is 5.69 Å². The summed E-state index contributed by atoms with van der Waals surface area (Å²) in [6.07, 6.45) is 3.07. The minimum atomic E-state index is -0.631. The van der Waals surface area contributed by atoms with E-state index in [1.54, 1.807) is 6.20 Å². The second-order valence-electron chi connectivity index (χ2n) is 6.00. The van der Waals surface area contributed by atoms with Crippen LogP contribution >= 0.6 is 0 Å². The van der Waals surface area contributed by atoms with Crippen LogP contribution in [0.1, 0.15) is 21.7 Å². The van der Waals surface area contributed by atoms with Gasteiger partial charge in [-0.25, -0.2) is 4.98 Å². The van der Waals surface area contributed by atoms with Crippen LogP contribution in [0.25, 0.3) is 0 Å². The van der Waals surface area contributed by atoms with Crippen molar-refractivity contribution in [2.75, 3.05) is 14.2 Å². The molecular formula is C20H19N3O6. The van der Waals surface area contributed by atoms with Crippen molar-refractivity contribution in [1.82, 2.24) is 9.55 Å². The summed E-state index contributed by atoms with van der Waals surface area (Å²) in [7, 11) is 2.64. The Labute approximate surface area is 166 Å². The quantitative estimate of drug-likeness (QED) is 0.310. The summed E-state index contributed by atoms with van der Waals surface area (Å²) in [5.41, 5.74) is 0.689. The van der Waals surface area contributed by atoms with Crippen LogP contribution in [0.3, 0.4) is 0 Å². The minimum Gasteiger partial charge on any atom is -0.493 e. The molecule has 0 amide bonds. The van der Waals surface area contributed by atoms with Crippen LogP contribution < -0.4 is 9.47 Å². The smallest absolute Gasteiger partial charge is 0.315 e. The maximum absolute atomic E-state index is 12.9. The number of imidazole rings is 1. The van der Waals surface area contributed by atoms with E-state index in [4.69, 9.17) is 14.2 Å². The van der Waals surface area contributed by atoms with Crippen LogP contribution in [0.4, 0.5) is 5.69 Å². The fourth-order valence-electron chi connectivity index (χ4n) is 2.80. The Morgan fingerprint density at radius 2 is 1.93 bits per heavy atom. The SMILES string of the molecule is COc1cc(C(=O)c2nccn2COCc2ccccc2)cc([N+](=O)[O-])c1OC. The molecule has 0 aliphatic heterocycles. The molecule has 0 fully saturated rings. The topological polar surface area (TPSA) is 106 Å². The highest BCUT2D eigenvalue weighted by atomic mass is 16.6. The molecule has 3 aromatic rings. The molecule has 29 heavy (non-hydrogen) atoms. The number of carbonyl (C=O) groups is 1. The molecule has 0 aliphatic rings. The number of nitro groups is 1. The Balaban J connectivity index is 1.83. The maximum Gasteiger partial charge on any atom is 0.315 e. The number of nitrogens with zero attached hydrogens (tertiary/aromatic N) is 3. The first-order chi connectivity index (χ1) is 14.0. The largest absolute Gasteiger partial charge is 0.493 e. The summed E-state index contributed by atoms with van der Waals surface area (Å²) >= 11 is 0. The molecule has 0 atom stereocenters. The minimum absolute atomic E-state index is 0.0522. The van der Waals surface area contributed by atoms with Crippen LogP contribution in [0.15, 0.2) is 54.9 Å². The van der Waals surface area contributed by atoms with Crippen molar-refractivity contribution in [2.45, 2.75) is 13.3 Å². The van der Waals surface area contributed by atoms with Crippen LogP contribution in [0, 0.1) is 10.1 Å². The van der Waals surface area contributed by atoms with E-state index in [1.165, 1.54) is 31.0 Å². The standard InChI is InChI=1S/C20H19N3O6/c1-27-17-11-15(10-16(23(25)26)19(17)28-2)18(24)20-21-8-9-22(20)13-29-12-14-6-4-3-5-7-14/h3-11H,12-13H2,1-2H3. The molecule has 0 spiro atoms. The lowest BCUT2D eigenvalue weighted by atomic mass is 10.1. The Kier molecular flexibility index (Phi) is 6.20. The molecule has 1 heterocycles. The predicted molar refractivity (Wildman–Crippen MR) is 103 cm³/mol. The first-order valence-corrected chi connectivity index (χ1v) is 8.63. The van der Waals surface area contributed by atoms with Gasteiger partial charge in [-0.3, -0.25) is 14.9 Å². The fourth-order valence-corrected chi connectivity index (χ4v) is 2.80. The molecule has 9 nitrogen and oxygen atoms in total. The van der Waals surface area contributed by atoms with Gasteiger partial charge in [0.2, 0.25) is 11.5 Å². The van der Waals surface area contributed by atoms with Crippen molar-refractivity contribution < 1.29 is 23.9 Å². The number of ether oxygens (including phenoxy) is 3. The average molecular weight is 397 g/mol. The van der Waals surface area contributed by atoms with Crippen LogP contribution in [-0.4, -0.2) is 34.5 Å². The first kappa shape index (κ1) is 20.0.